The van der Waals surface area contributed by atoms with Gasteiger partial charge in [-0.3, -0.25) is 4.90 Å². The fraction of sp³-hybridized carbons (Fsp3) is 0.647. The number of benzene rings is 1. The topological polar surface area (TPSA) is 64.1 Å². The molecule has 1 aliphatic heterocycles. The summed E-state index contributed by atoms with van der Waals surface area (Å²) in [5.41, 5.74) is 0. The zero-order valence-electron chi connectivity index (χ0n) is 14.9. The van der Waals surface area contributed by atoms with Crippen LogP contribution in [0.1, 0.15) is 13.8 Å². The van der Waals surface area contributed by atoms with Crippen molar-refractivity contribution in [3.05, 3.63) is 29.3 Å². The Morgan fingerprint density at radius 1 is 1.12 bits per heavy atom. The molecule has 1 heterocycles. The van der Waals surface area contributed by atoms with Crippen molar-refractivity contribution in [1.82, 2.24) is 14.1 Å². The highest BCUT2D eigenvalue weighted by Crippen LogP contribution is 2.19. The number of hydrogen-bond acceptors (Lipinski definition) is 5. The van der Waals surface area contributed by atoms with Gasteiger partial charge in [-0.15, -0.1) is 0 Å². The number of nitrogens with zero attached hydrogens (tertiary/aromatic N) is 3. The fourth-order valence-electron chi connectivity index (χ4n) is 3.04. The lowest BCUT2D eigenvalue weighted by Gasteiger charge is -2.35. The first-order valence-electron chi connectivity index (χ1n) is 8.75. The Kier molecular flexibility index (Phi) is 7.67. The first-order valence-corrected chi connectivity index (χ1v) is 10.6. The van der Waals surface area contributed by atoms with E-state index in [0.717, 1.165) is 13.1 Å². The maximum absolute atomic E-state index is 12.7. The molecule has 0 saturated carbocycles. The van der Waals surface area contributed by atoms with E-state index in [9.17, 15) is 13.5 Å². The molecule has 6 nitrogen and oxygen atoms in total. The summed E-state index contributed by atoms with van der Waals surface area (Å²) < 4.78 is 26.8. The van der Waals surface area contributed by atoms with Gasteiger partial charge < -0.3 is 10.0 Å². The average molecular weight is 390 g/mol. The molecule has 1 atom stereocenters. The zero-order chi connectivity index (χ0) is 18.4. The number of halogens is 1. The van der Waals surface area contributed by atoms with E-state index in [-0.39, 0.29) is 4.90 Å². The van der Waals surface area contributed by atoms with Crippen LogP contribution in [0, 0.1) is 0 Å². The van der Waals surface area contributed by atoms with Crippen molar-refractivity contribution in [2.45, 2.75) is 24.8 Å². The molecule has 1 fully saturated rings. The Hall–Kier alpha value is -0.700. The van der Waals surface area contributed by atoms with Gasteiger partial charge in [0.1, 0.15) is 0 Å². The molecule has 1 aromatic carbocycles. The summed E-state index contributed by atoms with van der Waals surface area (Å²) in [6.45, 7) is 9.34. The Morgan fingerprint density at radius 2 is 1.68 bits per heavy atom. The molecule has 25 heavy (non-hydrogen) atoms. The van der Waals surface area contributed by atoms with Gasteiger partial charge in [0.2, 0.25) is 10.0 Å². The number of sulfonamides is 1. The van der Waals surface area contributed by atoms with Crippen molar-refractivity contribution in [1.29, 1.82) is 0 Å². The van der Waals surface area contributed by atoms with Crippen LogP contribution in [0.5, 0.6) is 0 Å². The minimum absolute atomic E-state index is 0.270. The molecule has 1 N–H and O–H groups in total. The molecule has 0 aliphatic carbocycles. The van der Waals surface area contributed by atoms with E-state index in [1.54, 1.807) is 12.1 Å². The molecule has 0 spiro atoms. The molecule has 1 saturated heterocycles. The summed E-state index contributed by atoms with van der Waals surface area (Å²) in [4.78, 5) is 4.58. The highest BCUT2D eigenvalue weighted by atomic mass is 35.5. The first-order chi connectivity index (χ1) is 11.9. The number of aliphatic hydroxyl groups is 1. The summed E-state index contributed by atoms with van der Waals surface area (Å²) in [6.07, 6.45) is -0.417. The highest BCUT2D eigenvalue weighted by Gasteiger charge is 2.29. The Bertz CT molecular complexity index is 627. The monoisotopic (exact) mass is 389 g/mol. The number of rotatable bonds is 8. The Labute approximate surface area is 156 Å². The van der Waals surface area contributed by atoms with E-state index >= 15 is 0 Å². The van der Waals surface area contributed by atoms with Crippen LogP contribution < -0.4 is 0 Å². The number of aliphatic hydroxyl groups excluding tert-OH is 1. The number of β-amino-alcohol motifs (C(OH)–C–C–N with tert-alkyl or cyclic N) is 1. The van der Waals surface area contributed by atoms with Crippen LogP contribution in [0.3, 0.4) is 0 Å². The van der Waals surface area contributed by atoms with E-state index in [4.69, 9.17) is 11.6 Å². The van der Waals surface area contributed by atoms with Crippen LogP contribution in [-0.4, -0.2) is 86.1 Å². The number of likely N-dealkylation sites (N-methyl/N-ethyl adjacent to an activating group) is 1. The van der Waals surface area contributed by atoms with Crippen molar-refractivity contribution in [2.24, 2.45) is 0 Å². The standard InChI is InChI=1S/C17H28ClN3O3S/c1-3-19(4-2)13-16(22)14-20-9-11-21(12-10-20)25(23,24)17-7-5-15(18)6-8-17/h5-8,16,22H,3-4,9-14H2,1-2H3/t16-/m1/s1. The third-order valence-electron chi connectivity index (χ3n) is 4.61. The summed E-state index contributed by atoms with van der Waals surface area (Å²) in [5.74, 6) is 0. The second-order valence-electron chi connectivity index (χ2n) is 6.30. The van der Waals surface area contributed by atoms with Gasteiger partial charge in [0.15, 0.2) is 0 Å². The number of piperazine rings is 1. The molecule has 1 aliphatic rings. The first kappa shape index (κ1) is 20.6. The molecule has 0 amide bonds. The van der Waals surface area contributed by atoms with Crippen LogP contribution in [0.2, 0.25) is 5.02 Å². The van der Waals surface area contributed by atoms with Gasteiger partial charge in [-0.05, 0) is 37.4 Å². The third-order valence-corrected chi connectivity index (χ3v) is 6.78. The summed E-state index contributed by atoms with van der Waals surface area (Å²) in [7, 11) is -3.48. The second-order valence-corrected chi connectivity index (χ2v) is 8.67. The average Bonchev–Trinajstić information content (AvgIpc) is 2.60. The zero-order valence-corrected chi connectivity index (χ0v) is 16.5. The van der Waals surface area contributed by atoms with E-state index in [1.807, 2.05) is 0 Å². The van der Waals surface area contributed by atoms with Gasteiger partial charge in [0.25, 0.3) is 0 Å². The predicted octanol–water partition coefficient (Wildman–Crippen LogP) is 1.35. The number of hydrogen-bond donors (Lipinski definition) is 1. The van der Waals surface area contributed by atoms with Crippen molar-refractivity contribution in [2.75, 3.05) is 52.4 Å². The minimum Gasteiger partial charge on any atom is -0.390 e. The fourth-order valence-corrected chi connectivity index (χ4v) is 4.59. The molecule has 8 heteroatoms. The van der Waals surface area contributed by atoms with E-state index in [2.05, 4.69) is 23.6 Å². The maximum Gasteiger partial charge on any atom is 0.243 e. The quantitative estimate of drug-likeness (QED) is 0.727. The summed E-state index contributed by atoms with van der Waals surface area (Å²) >= 11 is 5.83. The Morgan fingerprint density at radius 3 is 2.20 bits per heavy atom. The molecule has 0 aromatic heterocycles. The Balaban J connectivity index is 1.87. The third kappa shape index (κ3) is 5.64. The van der Waals surface area contributed by atoms with E-state index in [0.29, 0.717) is 44.3 Å². The van der Waals surface area contributed by atoms with E-state index < -0.39 is 16.1 Å². The molecular formula is C17H28ClN3O3S. The maximum atomic E-state index is 12.7. The molecule has 0 radical (unpaired) electrons. The van der Waals surface area contributed by atoms with E-state index in [1.165, 1.54) is 16.4 Å². The summed E-state index contributed by atoms with van der Waals surface area (Å²) in [6, 6.07) is 6.26. The largest absolute Gasteiger partial charge is 0.390 e. The van der Waals surface area contributed by atoms with Gasteiger partial charge in [-0.2, -0.15) is 4.31 Å². The lowest BCUT2D eigenvalue weighted by atomic mass is 10.2. The van der Waals surface area contributed by atoms with Gasteiger partial charge in [-0.25, -0.2) is 8.42 Å². The van der Waals surface area contributed by atoms with Crippen LogP contribution in [-0.2, 0) is 10.0 Å². The van der Waals surface area contributed by atoms with Crippen LogP contribution in [0.25, 0.3) is 0 Å². The SMILES string of the molecule is CCN(CC)C[C@@H](O)CN1CCN(S(=O)(=O)c2ccc(Cl)cc2)CC1. The van der Waals surface area contributed by atoms with Gasteiger partial charge >= 0.3 is 0 Å². The molecule has 0 bridgehead atoms. The highest BCUT2D eigenvalue weighted by molar-refractivity contribution is 7.89. The van der Waals surface area contributed by atoms with Crippen molar-refractivity contribution in [3.8, 4) is 0 Å². The van der Waals surface area contributed by atoms with Crippen LogP contribution in [0.4, 0.5) is 0 Å². The van der Waals surface area contributed by atoms with Crippen molar-refractivity contribution in [3.63, 3.8) is 0 Å². The molecule has 142 valence electrons. The minimum atomic E-state index is -3.48. The molecular weight excluding hydrogens is 362 g/mol. The van der Waals surface area contributed by atoms with Crippen LogP contribution in [0.15, 0.2) is 29.2 Å². The van der Waals surface area contributed by atoms with Gasteiger partial charge in [0, 0.05) is 44.3 Å². The normalized spacial score (nSPS) is 18.6. The lowest BCUT2D eigenvalue weighted by molar-refractivity contribution is 0.0646. The smallest absolute Gasteiger partial charge is 0.243 e. The van der Waals surface area contributed by atoms with Crippen LogP contribution >= 0.6 is 11.6 Å². The van der Waals surface area contributed by atoms with Gasteiger partial charge in [-0.1, -0.05) is 25.4 Å². The summed E-state index contributed by atoms with van der Waals surface area (Å²) in [5, 5.41) is 10.8. The molecule has 0 unspecified atom stereocenters. The van der Waals surface area contributed by atoms with Gasteiger partial charge in [0.05, 0.1) is 11.0 Å². The predicted molar refractivity (Wildman–Crippen MR) is 100 cm³/mol. The molecule has 1 aromatic rings. The second kappa shape index (κ2) is 9.30. The van der Waals surface area contributed by atoms with Crippen molar-refractivity contribution < 1.29 is 13.5 Å². The molecule has 2 rings (SSSR count). The van der Waals surface area contributed by atoms with Crippen molar-refractivity contribution >= 4 is 21.6 Å². The lowest BCUT2D eigenvalue weighted by Crippen LogP contribution is -2.51.